The van der Waals surface area contributed by atoms with Gasteiger partial charge in [0.05, 0.1) is 5.39 Å². The largest absolute Gasteiger partial charge is 0.356 e. The number of thiophene rings is 1. The van der Waals surface area contributed by atoms with Gasteiger partial charge in [0.25, 0.3) is 0 Å². The average molecular weight is 263 g/mol. The number of aromatic nitrogens is 2. The number of fused-ring (bicyclic) bond motifs is 1. The predicted octanol–water partition coefficient (Wildman–Crippen LogP) is 4.10. The Morgan fingerprint density at radius 3 is 2.50 bits per heavy atom. The van der Waals surface area contributed by atoms with Gasteiger partial charge in [-0.15, -0.1) is 11.3 Å². The predicted molar refractivity (Wildman–Crippen MR) is 79.4 cm³/mol. The number of nitrogens with zero attached hydrogens (tertiary/aromatic N) is 3. The molecule has 0 aliphatic rings. The molecule has 0 fully saturated rings. The minimum absolute atomic E-state index is 1.10. The van der Waals surface area contributed by atoms with Crippen molar-refractivity contribution in [2.24, 2.45) is 0 Å². The van der Waals surface area contributed by atoms with Crippen LogP contribution < -0.4 is 4.90 Å². The lowest BCUT2D eigenvalue weighted by Crippen LogP contribution is -2.26. The summed E-state index contributed by atoms with van der Waals surface area (Å²) in [7, 11) is 0. The highest BCUT2D eigenvalue weighted by atomic mass is 32.1. The Balaban J connectivity index is 2.24. The van der Waals surface area contributed by atoms with Crippen molar-refractivity contribution in [1.82, 2.24) is 9.97 Å². The van der Waals surface area contributed by atoms with Gasteiger partial charge in [-0.1, -0.05) is 26.7 Å². The molecule has 18 heavy (non-hydrogen) atoms. The van der Waals surface area contributed by atoms with Gasteiger partial charge < -0.3 is 4.90 Å². The SMILES string of the molecule is CCCCN(CCCC)c1ncnc2sccc12. The molecule has 0 N–H and O–H groups in total. The topological polar surface area (TPSA) is 29.0 Å². The maximum Gasteiger partial charge on any atom is 0.140 e. The minimum Gasteiger partial charge on any atom is -0.356 e. The number of anilines is 1. The summed E-state index contributed by atoms with van der Waals surface area (Å²) in [5.41, 5.74) is 0. The Kier molecular flexibility index (Phi) is 4.93. The second-order valence-corrected chi connectivity index (χ2v) is 5.43. The Bertz CT molecular complexity index is 473. The van der Waals surface area contributed by atoms with E-state index in [2.05, 4.69) is 40.2 Å². The molecular formula is C14H21N3S. The van der Waals surface area contributed by atoms with Crippen LogP contribution in [0.5, 0.6) is 0 Å². The monoisotopic (exact) mass is 263 g/mol. The van der Waals surface area contributed by atoms with Crippen molar-refractivity contribution >= 4 is 27.4 Å². The lowest BCUT2D eigenvalue weighted by molar-refractivity contribution is 0.673. The van der Waals surface area contributed by atoms with Crippen LogP contribution in [0.4, 0.5) is 5.82 Å². The van der Waals surface area contributed by atoms with Crippen LogP contribution in [0.1, 0.15) is 39.5 Å². The zero-order valence-electron chi connectivity index (χ0n) is 11.2. The molecular weight excluding hydrogens is 242 g/mol. The first kappa shape index (κ1) is 13.3. The fraction of sp³-hybridized carbons (Fsp3) is 0.571. The molecule has 98 valence electrons. The van der Waals surface area contributed by atoms with E-state index < -0.39 is 0 Å². The molecule has 2 rings (SSSR count). The smallest absolute Gasteiger partial charge is 0.140 e. The maximum atomic E-state index is 4.51. The highest BCUT2D eigenvalue weighted by Gasteiger charge is 2.12. The highest BCUT2D eigenvalue weighted by Crippen LogP contribution is 2.27. The van der Waals surface area contributed by atoms with Crippen LogP contribution in [0, 0.1) is 0 Å². The van der Waals surface area contributed by atoms with Crippen molar-refractivity contribution in [2.45, 2.75) is 39.5 Å². The van der Waals surface area contributed by atoms with Crippen LogP contribution in [0.2, 0.25) is 0 Å². The maximum absolute atomic E-state index is 4.51. The number of unbranched alkanes of at least 4 members (excludes halogenated alkanes) is 2. The first-order valence-corrected chi connectivity index (χ1v) is 7.68. The zero-order valence-corrected chi connectivity index (χ0v) is 12.0. The van der Waals surface area contributed by atoms with Crippen molar-refractivity contribution < 1.29 is 0 Å². The van der Waals surface area contributed by atoms with E-state index >= 15 is 0 Å². The third-order valence-electron chi connectivity index (χ3n) is 3.10. The van der Waals surface area contributed by atoms with Crippen LogP contribution in [0.15, 0.2) is 17.8 Å². The standard InChI is InChI=1S/C14H21N3S/c1-3-5-8-17(9-6-4-2)13-12-7-10-18-14(12)16-11-15-13/h7,10-11H,3-6,8-9H2,1-2H3. The molecule has 0 aliphatic carbocycles. The molecule has 4 heteroatoms. The second kappa shape index (κ2) is 6.69. The van der Waals surface area contributed by atoms with E-state index in [0.29, 0.717) is 0 Å². The Hall–Kier alpha value is -1.16. The number of hydrogen-bond acceptors (Lipinski definition) is 4. The van der Waals surface area contributed by atoms with Gasteiger partial charge in [0.15, 0.2) is 0 Å². The molecule has 0 saturated carbocycles. The molecule has 0 spiro atoms. The summed E-state index contributed by atoms with van der Waals surface area (Å²) >= 11 is 1.69. The van der Waals surface area contributed by atoms with Gasteiger partial charge in [-0.3, -0.25) is 0 Å². The van der Waals surface area contributed by atoms with Crippen LogP contribution in [0.3, 0.4) is 0 Å². The van der Waals surface area contributed by atoms with E-state index in [1.54, 1.807) is 17.7 Å². The van der Waals surface area contributed by atoms with E-state index in [4.69, 9.17) is 0 Å². The van der Waals surface area contributed by atoms with Gasteiger partial charge in [-0.2, -0.15) is 0 Å². The molecule has 0 atom stereocenters. The normalized spacial score (nSPS) is 11.0. The zero-order chi connectivity index (χ0) is 12.8. The third kappa shape index (κ3) is 2.99. The van der Waals surface area contributed by atoms with E-state index in [9.17, 15) is 0 Å². The van der Waals surface area contributed by atoms with Crippen LogP contribution >= 0.6 is 11.3 Å². The quantitative estimate of drug-likeness (QED) is 0.753. The fourth-order valence-corrected chi connectivity index (χ4v) is 2.78. The molecule has 0 saturated heterocycles. The third-order valence-corrected chi connectivity index (χ3v) is 3.92. The summed E-state index contributed by atoms with van der Waals surface area (Å²) in [6, 6.07) is 2.14. The summed E-state index contributed by atoms with van der Waals surface area (Å²) in [5, 5.41) is 3.30. The lowest BCUT2D eigenvalue weighted by Gasteiger charge is -2.23. The van der Waals surface area contributed by atoms with Crippen LogP contribution in [-0.4, -0.2) is 23.1 Å². The fourth-order valence-electron chi connectivity index (χ4n) is 2.05. The second-order valence-electron chi connectivity index (χ2n) is 4.53. The average Bonchev–Trinajstić information content (AvgIpc) is 2.87. The lowest BCUT2D eigenvalue weighted by atomic mass is 10.2. The van der Waals surface area contributed by atoms with E-state index in [1.807, 2.05) is 0 Å². The van der Waals surface area contributed by atoms with Crippen molar-refractivity contribution in [1.29, 1.82) is 0 Å². The molecule has 2 heterocycles. The summed E-state index contributed by atoms with van der Waals surface area (Å²) in [6.07, 6.45) is 6.58. The van der Waals surface area contributed by atoms with Gasteiger partial charge in [0.2, 0.25) is 0 Å². The molecule has 0 aromatic carbocycles. The van der Waals surface area contributed by atoms with Gasteiger partial charge in [0, 0.05) is 13.1 Å². The molecule has 0 amide bonds. The summed E-state index contributed by atoms with van der Waals surface area (Å²) in [6.45, 7) is 6.66. The van der Waals surface area contributed by atoms with Crippen molar-refractivity contribution in [3.05, 3.63) is 17.8 Å². The van der Waals surface area contributed by atoms with Crippen molar-refractivity contribution in [2.75, 3.05) is 18.0 Å². The number of rotatable bonds is 7. The van der Waals surface area contributed by atoms with Gasteiger partial charge in [-0.25, -0.2) is 9.97 Å². The Labute approximate surface area is 113 Å². The summed E-state index contributed by atoms with van der Waals surface area (Å²) in [4.78, 5) is 12.3. The van der Waals surface area contributed by atoms with Gasteiger partial charge in [-0.05, 0) is 24.3 Å². The van der Waals surface area contributed by atoms with Gasteiger partial charge in [0.1, 0.15) is 17.0 Å². The van der Waals surface area contributed by atoms with Crippen molar-refractivity contribution in [3.63, 3.8) is 0 Å². The highest BCUT2D eigenvalue weighted by molar-refractivity contribution is 7.16. The molecule has 0 aliphatic heterocycles. The van der Waals surface area contributed by atoms with Crippen molar-refractivity contribution in [3.8, 4) is 0 Å². The molecule has 0 bridgehead atoms. The number of hydrogen-bond donors (Lipinski definition) is 0. The van der Waals surface area contributed by atoms with Gasteiger partial charge >= 0.3 is 0 Å². The molecule has 3 nitrogen and oxygen atoms in total. The first-order chi connectivity index (χ1) is 8.86. The summed E-state index contributed by atoms with van der Waals surface area (Å²) in [5.74, 6) is 1.11. The molecule has 0 unspecified atom stereocenters. The Morgan fingerprint density at radius 2 is 1.83 bits per heavy atom. The van der Waals surface area contributed by atoms with Crippen LogP contribution in [0.25, 0.3) is 10.2 Å². The van der Waals surface area contributed by atoms with E-state index in [1.165, 1.54) is 31.1 Å². The van der Waals surface area contributed by atoms with E-state index in [-0.39, 0.29) is 0 Å². The molecule has 2 aromatic rings. The summed E-state index contributed by atoms with van der Waals surface area (Å²) < 4.78 is 0. The minimum atomic E-state index is 1.10. The Morgan fingerprint density at radius 1 is 1.11 bits per heavy atom. The first-order valence-electron chi connectivity index (χ1n) is 6.80. The molecule has 2 aromatic heterocycles. The van der Waals surface area contributed by atoms with Crippen LogP contribution in [-0.2, 0) is 0 Å². The van der Waals surface area contributed by atoms with E-state index in [0.717, 1.165) is 23.7 Å². The molecule has 0 radical (unpaired) electrons.